The molecule has 1 heterocycles. The first kappa shape index (κ1) is 14.8. The fraction of sp³-hybridized carbons (Fsp3) is 0.385. The SMILES string of the molecule is CCOc1cc(NCCc2nncn2C)cc([N+](=O)[O-])c1. The highest BCUT2D eigenvalue weighted by molar-refractivity contribution is 5.56. The maximum absolute atomic E-state index is 10.9. The Labute approximate surface area is 121 Å². The highest BCUT2D eigenvalue weighted by Crippen LogP contribution is 2.26. The number of hydrogen-bond donors (Lipinski definition) is 1. The summed E-state index contributed by atoms with van der Waals surface area (Å²) >= 11 is 0. The highest BCUT2D eigenvalue weighted by atomic mass is 16.6. The molecule has 0 aliphatic heterocycles. The van der Waals surface area contributed by atoms with E-state index in [2.05, 4.69) is 15.5 Å². The van der Waals surface area contributed by atoms with E-state index in [0.29, 0.717) is 31.0 Å². The number of aryl methyl sites for hydroxylation is 1. The molecular formula is C13H17N5O3. The van der Waals surface area contributed by atoms with Crippen molar-refractivity contribution in [2.75, 3.05) is 18.5 Å². The summed E-state index contributed by atoms with van der Waals surface area (Å²) in [6.07, 6.45) is 2.30. The Morgan fingerprint density at radius 3 is 2.86 bits per heavy atom. The van der Waals surface area contributed by atoms with Gasteiger partial charge in [0, 0.05) is 37.8 Å². The second kappa shape index (κ2) is 6.69. The zero-order valence-corrected chi connectivity index (χ0v) is 11.9. The van der Waals surface area contributed by atoms with Crippen molar-refractivity contribution in [2.45, 2.75) is 13.3 Å². The summed E-state index contributed by atoms with van der Waals surface area (Å²) in [5.74, 6) is 1.32. The molecule has 0 atom stereocenters. The van der Waals surface area contributed by atoms with Gasteiger partial charge in [-0.15, -0.1) is 10.2 Å². The predicted octanol–water partition coefficient (Wildman–Crippen LogP) is 1.78. The Morgan fingerprint density at radius 2 is 2.24 bits per heavy atom. The fourth-order valence-electron chi connectivity index (χ4n) is 1.89. The van der Waals surface area contributed by atoms with E-state index in [-0.39, 0.29) is 5.69 Å². The van der Waals surface area contributed by atoms with Crippen molar-refractivity contribution in [2.24, 2.45) is 7.05 Å². The average molecular weight is 291 g/mol. The second-order valence-corrected chi connectivity index (χ2v) is 4.44. The molecule has 0 fully saturated rings. The molecule has 8 heteroatoms. The lowest BCUT2D eigenvalue weighted by Gasteiger charge is -2.09. The van der Waals surface area contributed by atoms with E-state index in [1.54, 1.807) is 12.4 Å². The fourth-order valence-corrected chi connectivity index (χ4v) is 1.89. The summed E-state index contributed by atoms with van der Waals surface area (Å²) in [5.41, 5.74) is 0.650. The zero-order valence-electron chi connectivity index (χ0n) is 11.9. The lowest BCUT2D eigenvalue weighted by molar-refractivity contribution is -0.384. The second-order valence-electron chi connectivity index (χ2n) is 4.44. The van der Waals surface area contributed by atoms with Gasteiger partial charge >= 0.3 is 0 Å². The molecule has 1 aromatic carbocycles. The molecule has 8 nitrogen and oxygen atoms in total. The minimum atomic E-state index is -0.434. The van der Waals surface area contributed by atoms with Crippen LogP contribution in [0.2, 0.25) is 0 Å². The molecule has 0 aliphatic rings. The molecule has 0 saturated heterocycles. The number of non-ortho nitro benzene ring substituents is 1. The van der Waals surface area contributed by atoms with Crippen molar-refractivity contribution < 1.29 is 9.66 Å². The molecule has 0 amide bonds. The molecule has 0 saturated carbocycles. The third-order valence-electron chi connectivity index (χ3n) is 2.90. The highest BCUT2D eigenvalue weighted by Gasteiger charge is 2.10. The van der Waals surface area contributed by atoms with Crippen LogP contribution in [0.15, 0.2) is 24.5 Å². The van der Waals surface area contributed by atoms with Crippen LogP contribution in [0, 0.1) is 10.1 Å². The summed E-state index contributed by atoms with van der Waals surface area (Å²) < 4.78 is 7.17. The summed E-state index contributed by atoms with van der Waals surface area (Å²) in [6, 6.07) is 4.64. The van der Waals surface area contributed by atoms with Crippen LogP contribution in [0.5, 0.6) is 5.75 Å². The van der Waals surface area contributed by atoms with Gasteiger partial charge in [-0.05, 0) is 6.92 Å². The maximum atomic E-state index is 10.9. The molecule has 0 unspecified atom stereocenters. The molecule has 1 aromatic heterocycles. The van der Waals surface area contributed by atoms with Gasteiger partial charge in [-0.25, -0.2) is 0 Å². The normalized spacial score (nSPS) is 10.4. The summed E-state index contributed by atoms with van der Waals surface area (Å²) in [7, 11) is 1.87. The summed E-state index contributed by atoms with van der Waals surface area (Å²) in [6.45, 7) is 2.89. The number of hydrogen-bond acceptors (Lipinski definition) is 6. The van der Waals surface area contributed by atoms with Crippen LogP contribution in [0.3, 0.4) is 0 Å². The smallest absolute Gasteiger partial charge is 0.275 e. The number of anilines is 1. The third-order valence-corrected chi connectivity index (χ3v) is 2.90. The number of benzene rings is 1. The molecule has 2 aromatic rings. The quantitative estimate of drug-likeness (QED) is 0.617. The first-order valence-corrected chi connectivity index (χ1v) is 6.59. The lowest BCUT2D eigenvalue weighted by Crippen LogP contribution is -2.09. The minimum absolute atomic E-state index is 0.00195. The van der Waals surface area contributed by atoms with Gasteiger partial charge in [-0.3, -0.25) is 10.1 Å². The van der Waals surface area contributed by atoms with Crippen LogP contribution in [0.1, 0.15) is 12.7 Å². The molecule has 2 rings (SSSR count). The van der Waals surface area contributed by atoms with Gasteiger partial charge < -0.3 is 14.6 Å². The molecule has 112 valence electrons. The van der Waals surface area contributed by atoms with Crippen molar-refractivity contribution in [3.8, 4) is 5.75 Å². The van der Waals surface area contributed by atoms with Crippen LogP contribution >= 0.6 is 0 Å². The Kier molecular flexibility index (Phi) is 4.70. The molecule has 0 radical (unpaired) electrons. The molecule has 21 heavy (non-hydrogen) atoms. The third kappa shape index (κ3) is 3.91. The maximum Gasteiger partial charge on any atom is 0.275 e. The van der Waals surface area contributed by atoms with Crippen molar-refractivity contribution in [3.63, 3.8) is 0 Å². The van der Waals surface area contributed by atoms with Gasteiger partial charge in [0.15, 0.2) is 0 Å². The lowest BCUT2D eigenvalue weighted by atomic mass is 10.2. The van der Waals surface area contributed by atoms with Crippen LogP contribution in [0.25, 0.3) is 0 Å². The van der Waals surface area contributed by atoms with Gasteiger partial charge in [0.25, 0.3) is 5.69 Å². The van der Waals surface area contributed by atoms with E-state index in [0.717, 1.165) is 5.82 Å². The first-order valence-electron chi connectivity index (χ1n) is 6.59. The molecule has 0 aliphatic carbocycles. The summed E-state index contributed by atoms with van der Waals surface area (Å²) in [4.78, 5) is 10.5. The average Bonchev–Trinajstić information content (AvgIpc) is 2.84. The van der Waals surface area contributed by atoms with Crippen LogP contribution in [-0.2, 0) is 13.5 Å². The van der Waals surface area contributed by atoms with Crippen molar-refractivity contribution in [1.82, 2.24) is 14.8 Å². The van der Waals surface area contributed by atoms with Crippen molar-refractivity contribution >= 4 is 11.4 Å². The summed E-state index contributed by atoms with van der Waals surface area (Å²) in [5, 5.41) is 21.8. The topological polar surface area (TPSA) is 95.1 Å². The first-order chi connectivity index (χ1) is 10.1. The van der Waals surface area contributed by atoms with E-state index in [1.807, 2.05) is 18.5 Å². The van der Waals surface area contributed by atoms with Crippen molar-refractivity contribution in [1.29, 1.82) is 0 Å². The van der Waals surface area contributed by atoms with Crippen LogP contribution < -0.4 is 10.1 Å². The van der Waals surface area contributed by atoms with Crippen molar-refractivity contribution in [3.05, 3.63) is 40.5 Å². The number of aromatic nitrogens is 3. The monoisotopic (exact) mass is 291 g/mol. The van der Waals surface area contributed by atoms with E-state index in [4.69, 9.17) is 4.74 Å². The molecule has 0 spiro atoms. The Bertz CT molecular complexity index is 626. The minimum Gasteiger partial charge on any atom is -0.494 e. The predicted molar refractivity (Wildman–Crippen MR) is 77.5 cm³/mol. The van der Waals surface area contributed by atoms with Gasteiger partial charge in [0.1, 0.15) is 17.9 Å². The number of nitrogens with one attached hydrogen (secondary N) is 1. The van der Waals surface area contributed by atoms with Crippen LogP contribution in [0.4, 0.5) is 11.4 Å². The van der Waals surface area contributed by atoms with Gasteiger partial charge in [0.2, 0.25) is 0 Å². The van der Waals surface area contributed by atoms with E-state index in [9.17, 15) is 10.1 Å². The Balaban J connectivity index is 2.04. The van der Waals surface area contributed by atoms with Gasteiger partial charge in [0.05, 0.1) is 17.6 Å². The van der Waals surface area contributed by atoms with Gasteiger partial charge in [-0.1, -0.05) is 0 Å². The Hall–Kier alpha value is -2.64. The number of rotatable bonds is 7. The van der Waals surface area contributed by atoms with E-state index >= 15 is 0 Å². The number of nitro groups is 1. The largest absolute Gasteiger partial charge is 0.494 e. The number of ether oxygens (including phenoxy) is 1. The molecular weight excluding hydrogens is 274 g/mol. The molecule has 0 bridgehead atoms. The van der Waals surface area contributed by atoms with E-state index in [1.165, 1.54) is 12.1 Å². The Morgan fingerprint density at radius 1 is 1.43 bits per heavy atom. The van der Waals surface area contributed by atoms with Gasteiger partial charge in [-0.2, -0.15) is 0 Å². The standard InChI is InChI=1S/C13H17N5O3/c1-3-21-12-7-10(6-11(8-12)18(19)20)14-5-4-13-16-15-9-17(13)2/h6-9,14H,3-5H2,1-2H3. The van der Waals surface area contributed by atoms with Crippen LogP contribution in [-0.4, -0.2) is 32.8 Å². The number of nitrogens with zero attached hydrogens (tertiary/aromatic N) is 4. The molecule has 1 N–H and O–H groups in total. The van der Waals surface area contributed by atoms with E-state index < -0.39 is 4.92 Å². The number of nitro benzene ring substituents is 1. The zero-order chi connectivity index (χ0) is 15.2.